The van der Waals surface area contributed by atoms with Gasteiger partial charge in [0.25, 0.3) is 0 Å². The van der Waals surface area contributed by atoms with Gasteiger partial charge in [0, 0.05) is 12.5 Å². The van der Waals surface area contributed by atoms with E-state index >= 15 is 0 Å². The second-order valence-corrected chi connectivity index (χ2v) is 5.23. The van der Waals surface area contributed by atoms with Gasteiger partial charge in [-0.05, 0) is 24.5 Å². The molecule has 0 spiro atoms. The first-order valence-electron chi connectivity index (χ1n) is 7.74. The Labute approximate surface area is 136 Å². The molecular weight excluding hydrogens is 290 g/mol. The normalized spacial score (nSPS) is 11.5. The number of carbonyl (C=O) groups is 2. The Morgan fingerprint density at radius 3 is 2.22 bits per heavy atom. The standard InChI is InChI=1S/C19H21NO3/c1-2-23-19(22)18(21)20-14-17(16-11-7-4-8-12-16)13-15-9-5-3-6-10-15/h3-12,17H,2,13-14H2,1H3,(H,20,21). The number of ether oxygens (including phenoxy) is 1. The second kappa shape index (κ2) is 8.73. The maximum absolute atomic E-state index is 11.7. The van der Waals surface area contributed by atoms with Gasteiger partial charge in [0.2, 0.25) is 0 Å². The molecule has 0 saturated carbocycles. The summed E-state index contributed by atoms with van der Waals surface area (Å²) in [6, 6.07) is 20.1. The van der Waals surface area contributed by atoms with Crippen LogP contribution in [0.5, 0.6) is 0 Å². The highest BCUT2D eigenvalue weighted by Gasteiger charge is 2.18. The van der Waals surface area contributed by atoms with Gasteiger partial charge in [0.1, 0.15) is 0 Å². The summed E-state index contributed by atoms with van der Waals surface area (Å²) in [4.78, 5) is 23.2. The number of hydrogen-bond donors (Lipinski definition) is 1. The Morgan fingerprint density at radius 2 is 1.61 bits per heavy atom. The zero-order chi connectivity index (χ0) is 16.5. The summed E-state index contributed by atoms with van der Waals surface area (Å²) >= 11 is 0. The molecule has 1 N–H and O–H groups in total. The van der Waals surface area contributed by atoms with E-state index in [4.69, 9.17) is 4.74 Å². The summed E-state index contributed by atoms with van der Waals surface area (Å²) in [6.07, 6.45) is 0.786. The maximum Gasteiger partial charge on any atom is 0.396 e. The maximum atomic E-state index is 11.7. The molecule has 4 nitrogen and oxygen atoms in total. The SMILES string of the molecule is CCOC(=O)C(=O)NCC(Cc1ccccc1)c1ccccc1. The molecule has 1 atom stereocenters. The van der Waals surface area contributed by atoms with Gasteiger partial charge in [-0.2, -0.15) is 0 Å². The molecule has 0 heterocycles. The predicted molar refractivity (Wildman–Crippen MR) is 89.0 cm³/mol. The molecule has 0 aliphatic carbocycles. The van der Waals surface area contributed by atoms with Crippen molar-refractivity contribution in [1.29, 1.82) is 0 Å². The van der Waals surface area contributed by atoms with E-state index in [0.717, 1.165) is 12.0 Å². The third-order valence-electron chi connectivity index (χ3n) is 3.57. The second-order valence-electron chi connectivity index (χ2n) is 5.23. The van der Waals surface area contributed by atoms with Crippen molar-refractivity contribution in [2.45, 2.75) is 19.3 Å². The lowest BCUT2D eigenvalue weighted by Crippen LogP contribution is -2.35. The Bertz CT molecular complexity index is 626. The molecule has 2 aromatic rings. The van der Waals surface area contributed by atoms with E-state index in [2.05, 4.69) is 17.4 Å². The van der Waals surface area contributed by atoms with Crippen molar-refractivity contribution < 1.29 is 14.3 Å². The third-order valence-corrected chi connectivity index (χ3v) is 3.57. The predicted octanol–water partition coefficient (Wildman–Crippen LogP) is 2.69. The number of amides is 1. The van der Waals surface area contributed by atoms with Gasteiger partial charge in [-0.1, -0.05) is 60.7 Å². The van der Waals surface area contributed by atoms with Gasteiger partial charge in [0.05, 0.1) is 6.61 Å². The van der Waals surface area contributed by atoms with E-state index in [9.17, 15) is 9.59 Å². The van der Waals surface area contributed by atoms with Crippen LogP contribution in [-0.2, 0) is 20.7 Å². The summed E-state index contributed by atoms with van der Waals surface area (Å²) in [5, 5.41) is 2.67. The Balaban J connectivity index is 2.05. The molecule has 4 heteroatoms. The molecular formula is C19H21NO3. The number of hydrogen-bond acceptors (Lipinski definition) is 3. The van der Waals surface area contributed by atoms with E-state index in [1.54, 1.807) is 6.92 Å². The number of benzene rings is 2. The van der Waals surface area contributed by atoms with Crippen LogP contribution in [0.25, 0.3) is 0 Å². The van der Waals surface area contributed by atoms with Gasteiger partial charge in [-0.15, -0.1) is 0 Å². The summed E-state index contributed by atoms with van der Waals surface area (Å²) < 4.78 is 4.71. The van der Waals surface area contributed by atoms with Crippen molar-refractivity contribution in [3.63, 3.8) is 0 Å². The zero-order valence-electron chi connectivity index (χ0n) is 13.2. The first-order chi connectivity index (χ1) is 11.2. The number of esters is 1. The van der Waals surface area contributed by atoms with E-state index < -0.39 is 11.9 Å². The van der Waals surface area contributed by atoms with Crippen molar-refractivity contribution in [1.82, 2.24) is 5.32 Å². The van der Waals surface area contributed by atoms with Gasteiger partial charge in [-0.25, -0.2) is 4.79 Å². The molecule has 0 aliphatic rings. The number of nitrogens with one attached hydrogen (secondary N) is 1. The lowest BCUT2D eigenvalue weighted by atomic mass is 9.92. The van der Waals surface area contributed by atoms with Crippen LogP contribution in [0.3, 0.4) is 0 Å². The van der Waals surface area contributed by atoms with Crippen LogP contribution < -0.4 is 5.32 Å². The minimum atomic E-state index is -0.834. The Morgan fingerprint density at radius 1 is 1.00 bits per heavy atom. The molecule has 0 aromatic heterocycles. The van der Waals surface area contributed by atoms with Gasteiger partial charge in [0.15, 0.2) is 0 Å². The molecule has 1 amide bonds. The molecule has 2 rings (SSSR count). The topological polar surface area (TPSA) is 55.4 Å². The fraction of sp³-hybridized carbons (Fsp3) is 0.263. The lowest BCUT2D eigenvalue weighted by Gasteiger charge is -2.18. The smallest absolute Gasteiger partial charge is 0.396 e. The van der Waals surface area contributed by atoms with Crippen LogP contribution in [0.15, 0.2) is 60.7 Å². The molecule has 23 heavy (non-hydrogen) atoms. The summed E-state index contributed by atoms with van der Waals surface area (Å²) in [7, 11) is 0. The number of carbonyl (C=O) groups excluding carboxylic acids is 2. The van der Waals surface area contributed by atoms with Crippen LogP contribution in [0.2, 0.25) is 0 Å². The van der Waals surface area contributed by atoms with Gasteiger partial charge in [-0.3, -0.25) is 4.79 Å². The molecule has 120 valence electrons. The quantitative estimate of drug-likeness (QED) is 0.659. The molecule has 0 fully saturated rings. The van der Waals surface area contributed by atoms with Gasteiger partial charge >= 0.3 is 11.9 Å². The van der Waals surface area contributed by atoms with E-state index in [0.29, 0.717) is 6.54 Å². The van der Waals surface area contributed by atoms with E-state index in [-0.39, 0.29) is 12.5 Å². The molecule has 0 aliphatic heterocycles. The van der Waals surface area contributed by atoms with Crippen LogP contribution in [0.4, 0.5) is 0 Å². The molecule has 0 radical (unpaired) electrons. The fourth-order valence-corrected chi connectivity index (χ4v) is 2.42. The van der Waals surface area contributed by atoms with Crippen molar-refractivity contribution in [2.24, 2.45) is 0 Å². The summed E-state index contributed by atoms with van der Waals surface area (Å²) in [5.41, 5.74) is 2.31. The van der Waals surface area contributed by atoms with Gasteiger partial charge < -0.3 is 10.1 Å². The average molecular weight is 311 g/mol. The third kappa shape index (κ3) is 5.25. The molecule has 0 saturated heterocycles. The average Bonchev–Trinajstić information content (AvgIpc) is 2.60. The van der Waals surface area contributed by atoms with Crippen molar-refractivity contribution in [3.8, 4) is 0 Å². The Kier molecular flexibility index (Phi) is 6.36. The highest BCUT2D eigenvalue weighted by atomic mass is 16.5. The highest BCUT2D eigenvalue weighted by Crippen LogP contribution is 2.20. The molecule has 1 unspecified atom stereocenters. The van der Waals surface area contributed by atoms with Crippen LogP contribution in [0, 0.1) is 0 Å². The number of rotatable bonds is 6. The largest absolute Gasteiger partial charge is 0.459 e. The van der Waals surface area contributed by atoms with Crippen molar-refractivity contribution in [3.05, 3.63) is 71.8 Å². The lowest BCUT2D eigenvalue weighted by molar-refractivity contribution is -0.154. The van der Waals surface area contributed by atoms with Crippen LogP contribution >= 0.6 is 0 Å². The highest BCUT2D eigenvalue weighted by molar-refractivity contribution is 6.32. The molecule has 2 aromatic carbocycles. The van der Waals surface area contributed by atoms with Crippen LogP contribution in [0.1, 0.15) is 24.0 Å². The van der Waals surface area contributed by atoms with Crippen LogP contribution in [-0.4, -0.2) is 25.0 Å². The van der Waals surface area contributed by atoms with Crippen molar-refractivity contribution in [2.75, 3.05) is 13.2 Å². The first-order valence-corrected chi connectivity index (χ1v) is 7.74. The fourth-order valence-electron chi connectivity index (χ4n) is 2.42. The minimum absolute atomic E-state index is 0.0944. The molecule has 0 bridgehead atoms. The minimum Gasteiger partial charge on any atom is -0.459 e. The monoisotopic (exact) mass is 311 g/mol. The summed E-state index contributed by atoms with van der Waals surface area (Å²) in [5.74, 6) is -1.43. The van der Waals surface area contributed by atoms with E-state index in [1.807, 2.05) is 48.5 Å². The van der Waals surface area contributed by atoms with Crippen molar-refractivity contribution >= 4 is 11.9 Å². The zero-order valence-corrected chi connectivity index (χ0v) is 13.2. The summed E-state index contributed by atoms with van der Waals surface area (Å²) in [6.45, 7) is 2.25. The Hall–Kier alpha value is -2.62. The first kappa shape index (κ1) is 16.7. The van der Waals surface area contributed by atoms with E-state index in [1.165, 1.54) is 5.56 Å².